The zero-order valence-electron chi connectivity index (χ0n) is 17.9. The van der Waals surface area contributed by atoms with Crippen LogP contribution in [0, 0.1) is 11.6 Å². The molecule has 174 valence electrons. The van der Waals surface area contributed by atoms with Crippen molar-refractivity contribution in [1.82, 2.24) is 9.88 Å². The summed E-state index contributed by atoms with van der Waals surface area (Å²) in [6.45, 7) is 0.558. The maximum atomic E-state index is 13.8. The highest BCUT2D eigenvalue weighted by Gasteiger charge is 2.17. The molecule has 2 amide bonds. The highest BCUT2D eigenvalue weighted by molar-refractivity contribution is 8.00. The van der Waals surface area contributed by atoms with E-state index in [0.29, 0.717) is 17.3 Å². The number of carbonyl (C=O) groups is 2. The van der Waals surface area contributed by atoms with Gasteiger partial charge in [-0.3, -0.25) is 9.59 Å². The lowest BCUT2D eigenvalue weighted by Crippen LogP contribution is -2.28. The third-order valence-electron chi connectivity index (χ3n) is 5.05. The Labute approximate surface area is 204 Å². The summed E-state index contributed by atoms with van der Waals surface area (Å²) < 4.78 is 29.6. The fourth-order valence-electron chi connectivity index (χ4n) is 3.51. The number of benzene rings is 3. The number of anilines is 1. The van der Waals surface area contributed by atoms with Gasteiger partial charge in [0.2, 0.25) is 5.91 Å². The Balaban J connectivity index is 1.40. The molecule has 5 nitrogen and oxygen atoms in total. The van der Waals surface area contributed by atoms with E-state index in [2.05, 4.69) is 10.6 Å². The molecule has 2 N–H and O–H groups in total. The van der Waals surface area contributed by atoms with Crippen molar-refractivity contribution in [2.75, 3.05) is 17.6 Å². The largest absolute Gasteiger partial charge is 0.350 e. The van der Waals surface area contributed by atoms with Crippen LogP contribution < -0.4 is 10.6 Å². The first kappa shape index (κ1) is 23.8. The Morgan fingerprint density at radius 2 is 1.71 bits per heavy atom. The maximum Gasteiger partial charge on any atom is 0.257 e. The topological polar surface area (TPSA) is 63.1 Å². The van der Waals surface area contributed by atoms with Crippen LogP contribution in [0.1, 0.15) is 10.4 Å². The minimum absolute atomic E-state index is 0.164. The Hall–Kier alpha value is -3.36. The average Bonchev–Trinajstić information content (AvgIpc) is 3.15. The molecule has 9 heteroatoms. The predicted molar refractivity (Wildman–Crippen MR) is 131 cm³/mol. The Bertz CT molecular complexity index is 1340. The van der Waals surface area contributed by atoms with Gasteiger partial charge in [0.15, 0.2) is 0 Å². The van der Waals surface area contributed by atoms with Crippen molar-refractivity contribution < 1.29 is 18.4 Å². The molecular weight excluding hydrogens is 480 g/mol. The average molecular weight is 500 g/mol. The fourth-order valence-corrected chi connectivity index (χ4v) is 4.59. The van der Waals surface area contributed by atoms with Gasteiger partial charge in [0.1, 0.15) is 17.2 Å². The molecular formula is C25H20ClF2N3O2S. The molecule has 0 aliphatic carbocycles. The normalized spacial score (nSPS) is 10.9. The third-order valence-corrected chi connectivity index (χ3v) is 6.33. The zero-order valence-corrected chi connectivity index (χ0v) is 19.4. The van der Waals surface area contributed by atoms with Crippen LogP contribution in [0.25, 0.3) is 10.9 Å². The summed E-state index contributed by atoms with van der Waals surface area (Å²) in [5.74, 6) is -2.58. The number of nitrogens with zero attached hydrogens (tertiary/aromatic N) is 1. The Morgan fingerprint density at radius 3 is 2.47 bits per heavy atom. The Morgan fingerprint density at radius 1 is 0.971 bits per heavy atom. The van der Waals surface area contributed by atoms with Gasteiger partial charge in [0.05, 0.1) is 5.75 Å². The number of thioether (sulfide) groups is 1. The second-order valence-electron chi connectivity index (χ2n) is 7.40. The smallest absolute Gasteiger partial charge is 0.257 e. The van der Waals surface area contributed by atoms with Crippen LogP contribution in [-0.2, 0) is 11.3 Å². The summed E-state index contributed by atoms with van der Waals surface area (Å²) in [4.78, 5) is 25.5. The molecule has 34 heavy (non-hydrogen) atoms. The van der Waals surface area contributed by atoms with Crippen LogP contribution in [0.3, 0.4) is 0 Å². The van der Waals surface area contributed by atoms with E-state index in [9.17, 15) is 18.4 Å². The molecule has 0 saturated carbocycles. The molecule has 0 aliphatic rings. The number of nitrogens with one attached hydrogen (secondary N) is 2. The van der Waals surface area contributed by atoms with Crippen molar-refractivity contribution in [3.8, 4) is 0 Å². The van der Waals surface area contributed by atoms with Gasteiger partial charge < -0.3 is 15.2 Å². The van der Waals surface area contributed by atoms with Crippen LogP contribution in [-0.4, -0.2) is 28.7 Å². The van der Waals surface area contributed by atoms with Crippen molar-refractivity contribution in [1.29, 1.82) is 0 Å². The van der Waals surface area contributed by atoms with Gasteiger partial charge in [-0.05, 0) is 36.4 Å². The second kappa shape index (κ2) is 10.7. The molecule has 0 unspecified atom stereocenters. The molecule has 0 bridgehead atoms. The van der Waals surface area contributed by atoms with Crippen LogP contribution in [0.15, 0.2) is 77.8 Å². The summed E-state index contributed by atoms with van der Waals surface area (Å²) in [5.41, 5.74) is 0.955. The number of halogens is 3. The molecule has 4 rings (SSSR count). The predicted octanol–water partition coefficient (Wildman–Crippen LogP) is 5.73. The lowest BCUT2D eigenvalue weighted by molar-refractivity contribution is -0.113. The molecule has 1 heterocycles. The van der Waals surface area contributed by atoms with Crippen LogP contribution in [0.5, 0.6) is 0 Å². The Kier molecular flexibility index (Phi) is 7.49. The number of aromatic nitrogens is 1. The van der Waals surface area contributed by atoms with E-state index in [0.717, 1.165) is 27.9 Å². The van der Waals surface area contributed by atoms with Gasteiger partial charge in [-0.1, -0.05) is 41.9 Å². The first-order valence-electron chi connectivity index (χ1n) is 10.4. The fraction of sp³-hybridized carbons (Fsp3) is 0.120. The third kappa shape index (κ3) is 5.58. The van der Waals surface area contributed by atoms with Crippen molar-refractivity contribution in [3.05, 3.63) is 95.1 Å². The number of hydrogen-bond acceptors (Lipinski definition) is 3. The van der Waals surface area contributed by atoms with E-state index in [-0.39, 0.29) is 18.2 Å². The molecule has 1 aromatic heterocycles. The first-order chi connectivity index (χ1) is 16.4. The first-order valence-corrected chi connectivity index (χ1v) is 11.8. The van der Waals surface area contributed by atoms with Crippen molar-refractivity contribution in [2.24, 2.45) is 0 Å². The number of hydrogen-bond donors (Lipinski definition) is 2. The molecule has 0 fully saturated rings. The van der Waals surface area contributed by atoms with Crippen LogP contribution >= 0.6 is 23.4 Å². The van der Waals surface area contributed by atoms with Gasteiger partial charge in [-0.25, -0.2) is 8.78 Å². The van der Waals surface area contributed by atoms with E-state index in [1.54, 1.807) is 24.3 Å². The summed E-state index contributed by atoms with van der Waals surface area (Å²) in [6.07, 6.45) is 1.90. The maximum absolute atomic E-state index is 13.8. The van der Waals surface area contributed by atoms with Crippen LogP contribution in [0.4, 0.5) is 14.5 Å². The number of fused-ring (bicyclic) bond motifs is 1. The minimum atomic E-state index is -0.904. The molecule has 0 saturated heterocycles. The van der Waals surface area contributed by atoms with Crippen molar-refractivity contribution >= 4 is 51.8 Å². The lowest BCUT2D eigenvalue weighted by atomic mass is 10.2. The summed E-state index contributed by atoms with van der Waals surface area (Å²) in [7, 11) is 0. The van der Waals surface area contributed by atoms with Crippen molar-refractivity contribution in [2.45, 2.75) is 11.4 Å². The van der Waals surface area contributed by atoms with E-state index in [1.165, 1.54) is 17.8 Å². The highest BCUT2D eigenvalue weighted by atomic mass is 35.5. The standard InChI is InChI=1S/C25H20ClF2N3O2S/c26-16-5-3-6-17(13-16)30-23(32)15-34-22-14-31(21-10-2-1-7-18(21)22)12-11-29-25(33)24-19(27)8-4-9-20(24)28/h1-10,13-14H,11-12,15H2,(H,29,33)(H,30,32). The number of rotatable bonds is 8. The molecule has 3 aromatic carbocycles. The quantitative estimate of drug-likeness (QED) is 0.304. The van der Waals surface area contributed by atoms with Crippen LogP contribution in [0.2, 0.25) is 5.02 Å². The second-order valence-corrected chi connectivity index (χ2v) is 8.86. The zero-order chi connectivity index (χ0) is 24.1. The van der Waals surface area contributed by atoms with Crippen molar-refractivity contribution in [3.63, 3.8) is 0 Å². The summed E-state index contributed by atoms with van der Waals surface area (Å²) in [6, 6.07) is 17.9. The van der Waals surface area contributed by atoms with Gasteiger partial charge in [-0.2, -0.15) is 0 Å². The molecule has 4 aromatic rings. The molecule has 0 aliphatic heterocycles. The van der Waals surface area contributed by atoms with Gasteiger partial charge in [0.25, 0.3) is 5.91 Å². The highest BCUT2D eigenvalue weighted by Crippen LogP contribution is 2.30. The molecule has 0 radical (unpaired) electrons. The van der Waals surface area contributed by atoms with E-state index < -0.39 is 23.1 Å². The number of carbonyl (C=O) groups excluding carboxylic acids is 2. The lowest BCUT2D eigenvalue weighted by Gasteiger charge is -2.09. The SMILES string of the molecule is O=C(CSc1cn(CCNC(=O)c2c(F)cccc2F)c2ccccc12)Nc1cccc(Cl)c1. The van der Waals surface area contributed by atoms with Gasteiger partial charge in [0, 0.05) is 45.8 Å². The number of amides is 2. The van der Waals surface area contributed by atoms with E-state index in [1.807, 2.05) is 35.0 Å². The number of para-hydroxylation sites is 1. The molecule has 0 atom stereocenters. The summed E-state index contributed by atoms with van der Waals surface area (Å²) >= 11 is 7.35. The monoisotopic (exact) mass is 499 g/mol. The van der Waals surface area contributed by atoms with E-state index >= 15 is 0 Å². The molecule has 0 spiro atoms. The summed E-state index contributed by atoms with van der Waals surface area (Å²) in [5, 5.41) is 6.89. The van der Waals surface area contributed by atoms with Gasteiger partial charge in [-0.15, -0.1) is 11.8 Å². The minimum Gasteiger partial charge on any atom is -0.350 e. The van der Waals surface area contributed by atoms with E-state index in [4.69, 9.17) is 11.6 Å². The van der Waals surface area contributed by atoms with Gasteiger partial charge >= 0.3 is 0 Å².